The summed E-state index contributed by atoms with van der Waals surface area (Å²) < 4.78 is 9.79. The number of ether oxygens (including phenoxy) is 2. The van der Waals surface area contributed by atoms with Gasteiger partial charge in [0.1, 0.15) is 11.8 Å². The lowest BCUT2D eigenvalue weighted by atomic mass is 10.2. The van der Waals surface area contributed by atoms with E-state index in [-0.39, 0.29) is 13.0 Å². The average Bonchev–Trinajstić information content (AvgIpc) is 2.47. The maximum absolute atomic E-state index is 11.9. The first-order chi connectivity index (χ1) is 10.5. The summed E-state index contributed by atoms with van der Waals surface area (Å²) in [6.07, 6.45) is -1.18. The monoisotopic (exact) mass is 309 g/mol. The van der Waals surface area contributed by atoms with Crippen molar-refractivity contribution in [2.24, 2.45) is 5.73 Å². The van der Waals surface area contributed by atoms with E-state index in [1.165, 1.54) is 7.11 Å². The standard InChI is InChI=1S/C14H19N3O5/c1-21-8-7-16-13(19)11(9-12(15)18)17-14(20)22-10-5-3-2-4-6-10/h2-6,11H,7-9H2,1H3,(H2,15,18)(H,16,19)(H,17,20)/t11-/m1/s1. The van der Waals surface area contributed by atoms with Gasteiger partial charge in [-0.1, -0.05) is 18.2 Å². The van der Waals surface area contributed by atoms with E-state index in [9.17, 15) is 14.4 Å². The van der Waals surface area contributed by atoms with Gasteiger partial charge in [0.15, 0.2) is 0 Å². The minimum absolute atomic E-state index is 0.250. The van der Waals surface area contributed by atoms with Crippen molar-refractivity contribution >= 4 is 17.9 Å². The molecule has 0 unspecified atom stereocenters. The van der Waals surface area contributed by atoms with Crippen molar-refractivity contribution < 1.29 is 23.9 Å². The van der Waals surface area contributed by atoms with Crippen molar-refractivity contribution in [3.63, 3.8) is 0 Å². The molecular formula is C14H19N3O5. The maximum Gasteiger partial charge on any atom is 0.413 e. The molecule has 0 spiro atoms. The number of carbonyl (C=O) groups excluding carboxylic acids is 3. The molecule has 0 bridgehead atoms. The Morgan fingerprint density at radius 2 is 1.91 bits per heavy atom. The quantitative estimate of drug-likeness (QED) is 0.574. The zero-order valence-corrected chi connectivity index (χ0v) is 12.2. The number of rotatable bonds is 8. The van der Waals surface area contributed by atoms with Crippen LogP contribution in [0, 0.1) is 0 Å². The molecule has 8 nitrogen and oxygen atoms in total. The van der Waals surface area contributed by atoms with E-state index in [0.717, 1.165) is 0 Å². The third kappa shape index (κ3) is 6.71. The second kappa shape index (κ2) is 9.35. The first kappa shape index (κ1) is 17.4. The van der Waals surface area contributed by atoms with Gasteiger partial charge >= 0.3 is 6.09 Å². The largest absolute Gasteiger partial charge is 0.413 e. The minimum atomic E-state index is -1.11. The van der Waals surface area contributed by atoms with Crippen LogP contribution in [0.25, 0.3) is 0 Å². The van der Waals surface area contributed by atoms with E-state index in [1.807, 2.05) is 0 Å². The van der Waals surface area contributed by atoms with Gasteiger partial charge in [-0.25, -0.2) is 4.79 Å². The lowest BCUT2D eigenvalue weighted by Gasteiger charge is -2.16. The van der Waals surface area contributed by atoms with Gasteiger partial charge in [0.2, 0.25) is 11.8 Å². The second-order valence-corrected chi connectivity index (χ2v) is 4.35. The van der Waals surface area contributed by atoms with Crippen LogP contribution in [-0.4, -0.2) is 44.2 Å². The highest BCUT2D eigenvalue weighted by molar-refractivity contribution is 5.90. The molecule has 1 atom stereocenters. The molecule has 0 aliphatic rings. The molecule has 0 aliphatic heterocycles. The molecule has 1 aromatic carbocycles. The Bertz CT molecular complexity index is 506. The topological polar surface area (TPSA) is 120 Å². The molecule has 0 fully saturated rings. The van der Waals surface area contributed by atoms with Gasteiger partial charge in [-0.15, -0.1) is 0 Å². The van der Waals surface area contributed by atoms with Crippen LogP contribution in [0.3, 0.4) is 0 Å². The third-order valence-electron chi connectivity index (χ3n) is 2.57. The predicted octanol–water partition coefficient (Wildman–Crippen LogP) is -0.218. The number of nitrogens with two attached hydrogens (primary N) is 1. The SMILES string of the molecule is COCCNC(=O)[C@@H](CC(N)=O)NC(=O)Oc1ccccc1. The van der Waals surface area contributed by atoms with Crippen molar-refractivity contribution in [2.75, 3.05) is 20.3 Å². The lowest BCUT2D eigenvalue weighted by Crippen LogP contribution is -2.49. The van der Waals surface area contributed by atoms with Crippen molar-refractivity contribution in [1.29, 1.82) is 0 Å². The van der Waals surface area contributed by atoms with Gasteiger partial charge in [0.25, 0.3) is 0 Å². The van der Waals surface area contributed by atoms with Crippen molar-refractivity contribution in [2.45, 2.75) is 12.5 Å². The molecule has 8 heteroatoms. The van der Waals surface area contributed by atoms with Crippen molar-refractivity contribution in [1.82, 2.24) is 10.6 Å². The smallest absolute Gasteiger partial charge is 0.410 e. The summed E-state index contributed by atoms with van der Waals surface area (Å²) in [5.41, 5.74) is 5.08. The molecule has 1 rings (SSSR count). The Morgan fingerprint density at radius 3 is 2.50 bits per heavy atom. The number of amides is 3. The van der Waals surface area contributed by atoms with E-state index in [0.29, 0.717) is 12.4 Å². The van der Waals surface area contributed by atoms with Crippen LogP contribution in [0.15, 0.2) is 30.3 Å². The second-order valence-electron chi connectivity index (χ2n) is 4.35. The van der Waals surface area contributed by atoms with Crippen LogP contribution in [-0.2, 0) is 14.3 Å². The van der Waals surface area contributed by atoms with E-state index < -0.39 is 23.9 Å². The number of hydrogen-bond donors (Lipinski definition) is 3. The number of methoxy groups -OCH3 is 1. The summed E-state index contributed by atoms with van der Waals surface area (Å²) in [7, 11) is 1.49. The van der Waals surface area contributed by atoms with E-state index in [4.69, 9.17) is 15.2 Å². The fourth-order valence-corrected chi connectivity index (χ4v) is 1.58. The van der Waals surface area contributed by atoms with Crippen LogP contribution in [0.4, 0.5) is 4.79 Å². The van der Waals surface area contributed by atoms with Crippen LogP contribution >= 0.6 is 0 Å². The minimum Gasteiger partial charge on any atom is -0.410 e. The molecule has 0 saturated heterocycles. The molecule has 3 amide bonds. The molecule has 0 radical (unpaired) electrons. The fourth-order valence-electron chi connectivity index (χ4n) is 1.58. The molecule has 0 aliphatic carbocycles. The first-order valence-electron chi connectivity index (χ1n) is 6.61. The van der Waals surface area contributed by atoms with E-state index in [1.54, 1.807) is 30.3 Å². The molecular weight excluding hydrogens is 290 g/mol. The predicted molar refractivity (Wildman–Crippen MR) is 78.1 cm³/mol. The highest BCUT2D eigenvalue weighted by Gasteiger charge is 2.23. The number of para-hydroxylation sites is 1. The maximum atomic E-state index is 11.9. The average molecular weight is 309 g/mol. The molecule has 4 N–H and O–H groups in total. The highest BCUT2D eigenvalue weighted by Crippen LogP contribution is 2.08. The van der Waals surface area contributed by atoms with Gasteiger partial charge in [0, 0.05) is 13.7 Å². The Labute approximate surface area is 128 Å². The summed E-state index contributed by atoms with van der Waals surface area (Å²) >= 11 is 0. The molecule has 0 saturated carbocycles. The number of hydrogen-bond acceptors (Lipinski definition) is 5. The number of carbonyl (C=O) groups is 3. The van der Waals surface area contributed by atoms with E-state index >= 15 is 0 Å². The summed E-state index contributed by atoms with van der Waals surface area (Å²) in [6.45, 7) is 0.559. The number of benzene rings is 1. The Morgan fingerprint density at radius 1 is 1.23 bits per heavy atom. The van der Waals surface area contributed by atoms with Crippen LogP contribution < -0.4 is 21.1 Å². The summed E-state index contributed by atoms with van der Waals surface area (Å²) in [6, 6.07) is 7.22. The van der Waals surface area contributed by atoms with Gasteiger partial charge < -0.3 is 25.8 Å². The lowest BCUT2D eigenvalue weighted by molar-refractivity contribution is -0.127. The van der Waals surface area contributed by atoms with Gasteiger partial charge in [0.05, 0.1) is 13.0 Å². The van der Waals surface area contributed by atoms with Gasteiger partial charge in [-0.05, 0) is 12.1 Å². The van der Waals surface area contributed by atoms with Crippen molar-refractivity contribution in [3.8, 4) is 5.75 Å². The van der Waals surface area contributed by atoms with Crippen LogP contribution in [0.5, 0.6) is 5.75 Å². The summed E-state index contributed by atoms with van der Waals surface area (Å²) in [4.78, 5) is 34.7. The zero-order chi connectivity index (χ0) is 16.4. The summed E-state index contributed by atoms with van der Waals surface area (Å²) in [5.74, 6) is -0.939. The van der Waals surface area contributed by atoms with Crippen LogP contribution in [0.2, 0.25) is 0 Å². The number of nitrogens with one attached hydrogen (secondary N) is 2. The fraction of sp³-hybridized carbons (Fsp3) is 0.357. The zero-order valence-electron chi connectivity index (χ0n) is 12.2. The third-order valence-corrected chi connectivity index (χ3v) is 2.57. The molecule has 0 heterocycles. The Balaban J connectivity index is 2.57. The highest BCUT2D eigenvalue weighted by atomic mass is 16.6. The van der Waals surface area contributed by atoms with Gasteiger partial charge in [-0.3, -0.25) is 9.59 Å². The summed E-state index contributed by atoms with van der Waals surface area (Å²) in [5, 5.41) is 4.82. The molecule has 22 heavy (non-hydrogen) atoms. The van der Waals surface area contributed by atoms with Crippen molar-refractivity contribution in [3.05, 3.63) is 30.3 Å². The molecule has 0 aromatic heterocycles. The normalized spacial score (nSPS) is 11.3. The Hall–Kier alpha value is -2.61. The number of primary amides is 1. The molecule has 1 aromatic rings. The molecule has 120 valence electrons. The van der Waals surface area contributed by atoms with E-state index in [2.05, 4.69) is 10.6 Å². The van der Waals surface area contributed by atoms with Crippen LogP contribution in [0.1, 0.15) is 6.42 Å². The first-order valence-corrected chi connectivity index (χ1v) is 6.61. The Kier molecular flexibility index (Phi) is 7.41. The van der Waals surface area contributed by atoms with Gasteiger partial charge in [-0.2, -0.15) is 0 Å².